The van der Waals surface area contributed by atoms with E-state index in [2.05, 4.69) is 5.32 Å². The number of hydrogen-bond acceptors (Lipinski definition) is 3. The van der Waals surface area contributed by atoms with E-state index in [4.69, 9.17) is 39.5 Å². The minimum Gasteiger partial charge on any atom is -0.494 e. The zero-order valence-electron chi connectivity index (χ0n) is 12.4. The zero-order valence-corrected chi connectivity index (χ0v) is 14.7. The number of nitrogens with zero attached hydrogens (tertiary/aromatic N) is 1. The van der Waals surface area contributed by atoms with E-state index < -0.39 is 5.91 Å². The lowest BCUT2D eigenvalue weighted by Gasteiger charge is -2.08. The van der Waals surface area contributed by atoms with Crippen LogP contribution in [0.3, 0.4) is 0 Å². The summed E-state index contributed by atoms with van der Waals surface area (Å²) < 4.78 is 5.06. The molecule has 1 amide bonds. The van der Waals surface area contributed by atoms with Gasteiger partial charge in [0.15, 0.2) is 5.75 Å². The SMILES string of the molecule is COc1c(Cl)cc(/C=C(\C#N)C(=O)Nc2ccccc2Cl)cc1Cl. The summed E-state index contributed by atoms with van der Waals surface area (Å²) in [5.41, 5.74) is 0.792. The molecule has 2 aromatic rings. The molecular weight excluding hydrogens is 371 g/mol. The van der Waals surface area contributed by atoms with Crippen LogP contribution in [0.15, 0.2) is 42.0 Å². The maximum Gasteiger partial charge on any atom is 0.266 e. The van der Waals surface area contributed by atoms with Crippen LogP contribution in [0.4, 0.5) is 5.69 Å². The Kier molecular flexibility index (Phi) is 6.10. The van der Waals surface area contributed by atoms with Gasteiger partial charge in [-0.2, -0.15) is 5.26 Å². The van der Waals surface area contributed by atoms with Gasteiger partial charge in [0, 0.05) is 0 Å². The van der Waals surface area contributed by atoms with Crippen molar-refractivity contribution < 1.29 is 9.53 Å². The molecule has 0 unspecified atom stereocenters. The molecule has 0 fully saturated rings. The second-order valence-corrected chi connectivity index (χ2v) is 5.84. The Morgan fingerprint density at radius 3 is 2.33 bits per heavy atom. The van der Waals surface area contributed by atoms with Gasteiger partial charge in [-0.1, -0.05) is 46.9 Å². The van der Waals surface area contributed by atoms with E-state index in [0.717, 1.165) is 0 Å². The third kappa shape index (κ3) is 4.21. The standard InChI is InChI=1S/C17H11Cl3N2O2/c1-24-16-13(19)7-10(8-14(16)20)6-11(9-21)17(23)22-15-5-3-2-4-12(15)18/h2-8H,1H3,(H,22,23)/b11-6+. The molecular formula is C17H11Cl3N2O2. The second-order valence-electron chi connectivity index (χ2n) is 4.62. The van der Waals surface area contributed by atoms with Crippen molar-refractivity contribution in [1.82, 2.24) is 0 Å². The van der Waals surface area contributed by atoms with Gasteiger partial charge < -0.3 is 10.1 Å². The van der Waals surface area contributed by atoms with E-state index in [1.165, 1.54) is 13.2 Å². The highest BCUT2D eigenvalue weighted by Crippen LogP contribution is 2.34. The first-order chi connectivity index (χ1) is 11.5. The van der Waals surface area contributed by atoms with Gasteiger partial charge in [0.2, 0.25) is 0 Å². The number of para-hydroxylation sites is 1. The van der Waals surface area contributed by atoms with Crippen LogP contribution in [-0.4, -0.2) is 13.0 Å². The molecule has 2 aromatic carbocycles. The highest BCUT2D eigenvalue weighted by atomic mass is 35.5. The smallest absolute Gasteiger partial charge is 0.266 e. The third-order valence-electron chi connectivity index (χ3n) is 3.02. The molecule has 122 valence electrons. The van der Waals surface area contributed by atoms with Crippen molar-refractivity contribution in [2.24, 2.45) is 0 Å². The van der Waals surface area contributed by atoms with E-state index in [1.807, 2.05) is 6.07 Å². The molecule has 2 rings (SSSR count). The average Bonchev–Trinajstić information content (AvgIpc) is 2.54. The van der Waals surface area contributed by atoms with E-state index in [-0.39, 0.29) is 15.6 Å². The Morgan fingerprint density at radius 1 is 1.17 bits per heavy atom. The Balaban J connectivity index is 2.31. The summed E-state index contributed by atoms with van der Waals surface area (Å²) in [6.45, 7) is 0. The number of carbonyl (C=O) groups excluding carboxylic acids is 1. The lowest BCUT2D eigenvalue weighted by atomic mass is 10.1. The van der Waals surface area contributed by atoms with Crippen LogP contribution in [0, 0.1) is 11.3 Å². The number of nitriles is 1. The van der Waals surface area contributed by atoms with Crippen LogP contribution in [-0.2, 0) is 4.79 Å². The Morgan fingerprint density at radius 2 is 1.79 bits per heavy atom. The molecule has 0 saturated heterocycles. The molecule has 0 aliphatic rings. The van der Waals surface area contributed by atoms with Crippen LogP contribution in [0.5, 0.6) is 5.75 Å². The summed E-state index contributed by atoms with van der Waals surface area (Å²) in [5, 5.41) is 12.8. The van der Waals surface area contributed by atoms with E-state index in [0.29, 0.717) is 22.0 Å². The number of nitrogens with one attached hydrogen (secondary N) is 1. The lowest BCUT2D eigenvalue weighted by Crippen LogP contribution is -2.13. The Labute approximate surface area is 154 Å². The van der Waals surface area contributed by atoms with Crippen molar-refractivity contribution in [1.29, 1.82) is 5.26 Å². The molecule has 0 bridgehead atoms. The van der Waals surface area contributed by atoms with Crippen molar-refractivity contribution in [2.75, 3.05) is 12.4 Å². The fourth-order valence-electron chi connectivity index (χ4n) is 1.93. The van der Waals surface area contributed by atoms with Crippen molar-refractivity contribution in [3.63, 3.8) is 0 Å². The van der Waals surface area contributed by atoms with Crippen LogP contribution in [0.2, 0.25) is 15.1 Å². The predicted octanol–water partition coefficient (Wildman–Crippen LogP) is 5.20. The summed E-state index contributed by atoms with van der Waals surface area (Å²) in [7, 11) is 1.44. The molecule has 0 saturated carbocycles. The van der Waals surface area contributed by atoms with Gasteiger partial charge in [-0.05, 0) is 35.9 Å². The molecule has 0 radical (unpaired) electrons. The van der Waals surface area contributed by atoms with Gasteiger partial charge in [0.05, 0.1) is 27.9 Å². The lowest BCUT2D eigenvalue weighted by molar-refractivity contribution is -0.112. The fourth-order valence-corrected chi connectivity index (χ4v) is 2.77. The molecule has 0 aliphatic carbocycles. The molecule has 0 aliphatic heterocycles. The van der Waals surface area contributed by atoms with E-state index in [1.54, 1.807) is 36.4 Å². The molecule has 1 N–H and O–H groups in total. The predicted molar refractivity (Wildman–Crippen MR) is 96.7 cm³/mol. The number of ether oxygens (including phenoxy) is 1. The van der Waals surface area contributed by atoms with Gasteiger partial charge in [-0.15, -0.1) is 0 Å². The first kappa shape index (κ1) is 18.2. The maximum atomic E-state index is 12.2. The first-order valence-electron chi connectivity index (χ1n) is 6.67. The number of hydrogen-bond donors (Lipinski definition) is 1. The zero-order chi connectivity index (χ0) is 17.7. The molecule has 0 spiro atoms. The van der Waals surface area contributed by atoms with Crippen LogP contribution < -0.4 is 10.1 Å². The van der Waals surface area contributed by atoms with E-state index in [9.17, 15) is 10.1 Å². The summed E-state index contributed by atoms with van der Waals surface area (Å²) in [4.78, 5) is 12.2. The topological polar surface area (TPSA) is 62.1 Å². The summed E-state index contributed by atoms with van der Waals surface area (Å²) in [6, 6.07) is 11.7. The number of carbonyl (C=O) groups is 1. The fraction of sp³-hybridized carbons (Fsp3) is 0.0588. The monoisotopic (exact) mass is 380 g/mol. The van der Waals surface area contributed by atoms with Gasteiger partial charge >= 0.3 is 0 Å². The molecule has 0 atom stereocenters. The minimum absolute atomic E-state index is 0.118. The minimum atomic E-state index is -0.589. The maximum absolute atomic E-state index is 12.2. The summed E-state index contributed by atoms with van der Waals surface area (Å²) in [5.74, 6) is -0.261. The molecule has 4 nitrogen and oxygen atoms in total. The van der Waals surface area contributed by atoms with Gasteiger partial charge in [-0.25, -0.2) is 0 Å². The highest BCUT2D eigenvalue weighted by molar-refractivity contribution is 6.37. The van der Waals surface area contributed by atoms with Crippen molar-refractivity contribution in [2.45, 2.75) is 0 Å². The molecule has 0 aromatic heterocycles. The van der Waals surface area contributed by atoms with Crippen LogP contribution in [0.25, 0.3) is 6.08 Å². The molecule has 7 heteroatoms. The van der Waals surface area contributed by atoms with Crippen molar-refractivity contribution in [3.8, 4) is 11.8 Å². The second kappa shape index (κ2) is 8.07. The van der Waals surface area contributed by atoms with Crippen molar-refractivity contribution >= 4 is 52.5 Å². The average molecular weight is 382 g/mol. The largest absolute Gasteiger partial charge is 0.494 e. The summed E-state index contributed by atoms with van der Waals surface area (Å²) >= 11 is 18.1. The summed E-state index contributed by atoms with van der Waals surface area (Å²) in [6.07, 6.45) is 1.38. The number of anilines is 1. The number of benzene rings is 2. The third-order valence-corrected chi connectivity index (χ3v) is 3.91. The van der Waals surface area contributed by atoms with Gasteiger partial charge in [0.25, 0.3) is 5.91 Å². The number of methoxy groups -OCH3 is 1. The highest BCUT2D eigenvalue weighted by Gasteiger charge is 2.13. The quantitative estimate of drug-likeness (QED) is 0.585. The van der Waals surface area contributed by atoms with Gasteiger partial charge in [-0.3, -0.25) is 4.79 Å². The molecule has 24 heavy (non-hydrogen) atoms. The van der Waals surface area contributed by atoms with Crippen molar-refractivity contribution in [3.05, 3.63) is 62.6 Å². The Bertz CT molecular complexity index is 834. The number of amides is 1. The van der Waals surface area contributed by atoms with Crippen LogP contribution in [0.1, 0.15) is 5.56 Å². The van der Waals surface area contributed by atoms with E-state index >= 15 is 0 Å². The Hall–Kier alpha value is -2.19. The molecule has 0 heterocycles. The van der Waals surface area contributed by atoms with Crippen LogP contribution >= 0.6 is 34.8 Å². The number of halogens is 3. The normalized spacial score (nSPS) is 10.9. The first-order valence-corrected chi connectivity index (χ1v) is 7.80. The number of rotatable bonds is 4. The van der Waals surface area contributed by atoms with Gasteiger partial charge in [0.1, 0.15) is 11.6 Å².